The van der Waals surface area contributed by atoms with Gasteiger partial charge in [0, 0.05) is 12.4 Å². The summed E-state index contributed by atoms with van der Waals surface area (Å²) in [6.45, 7) is 22.0. The fourth-order valence-corrected chi connectivity index (χ4v) is 6.69. The summed E-state index contributed by atoms with van der Waals surface area (Å²) in [6, 6.07) is 15.6. The highest BCUT2D eigenvalue weighted by Gasteiger charge is 2.41. The first-order valence-corrected chi connectivity index (χ1v) is 20.5. The Bertz CT molecular complexity index is 1610. The van der Waals surface area contributed by atoms with Crippen LogP contribution in [0.2, 0.25) is 18.1 Å². The molecule has 0 unspecified atom stereocenters. The second-order valence-electron chi connectivity index (χ2n) is 16.0. The molecule has 0 spiro atoms. The van der Waals surface area contributed by atoms with Gasteiger partial charge in [0.05, 0.1) is 32.9 Å². The van der Waals surface area contributed by atoms with Gasteiger partial charge in [0.1, 0.15) is 28.8 Å². The Balaban J connectivity index is 1.58. The number of amides is 1. The van der Waals surface area contributed by atoms with Crippen molar-refractivity contribution in [3.05, 3.63) is 77.6 Å². The van der Waals surface area contributed by atoms with E-state index < -0.39 is 26.0 Å². The van der Waals surface area contributed by atoms with E-state index in [1.165, 1.54) is 7.11 Å². The molecule has 2 heterocycles. The van der Waals surface area contributed by atoms with Crippen LogP contribution in [0.15, 0.2) is 60.9 Å². The Kier molecular flexibility index (Phi) is 12.4. The number of methoxy groups -OCH3 is 1. The van der Waals surface area contributed by atoms with Gasteiger partial charge in [0.15, 0.2) is 8.32 Å². The maximum Gasteiger partial charge on any atom is 0.410 e. The zero-order valence-electron chi connectivity index (χ0n) is 31.8. The number of carbonyl (C=O) groups excluding carboxylic acids is 2. The predicted octanol–water partition coefficient (Wildman–Crippen LogP) is 9.26. The van der Waals surface area contributed by atoms with Gasteiger partial charge in [-0.25, -0.2) is 9.59 Å². The topological polar surface area (TPSA) is 96.4 Å². The largest absolute Gasteiger partial charge is 0.492 e. The van der Waals surface area contributed by atoms with Gasteiger partial charge < -0.3 is 28.3 Å². The molecule has 1 aromatic heterocycles. The second kappa shape index (κ2) is 16.0. The lowest BCUT2D eigenvalue weighted by atomic mass is 9.96. The molecule has 0 saturated carbocycles. The smallest absolute Gasteiger partial charge is 0.410 e. The summed E-state index contributed by atoms with van der Waals surface area (Å²) in [4.78, 5) is 32.3. The molecule has 1 aliphatic heterocycles. The van der Waals surface area contributed by atoms with E-state index in [4.69, 9.17) is 23.4 Å². The zero-order chi connectivity index (χ0) is 36.9. The molecule has 0 radical (unpaired) electrons. The van der Waals surface area contributed by atoms with Crippen molar-refractivity contribution in [1.29, 1.82) is 0 Å². The number of nitrogens with zero attached hydrogens (tertiary/aromatic N) is 2. The van der Waals surface area contributed by atoms with Crippen molar-refractivity contribution in [2.24, 2.45) is 5.92 Å². The van der Waals surface area contributed by atoms with Gasteiger partial charge in [-0.3, -0.25) is 4.98 Å². The van der Waals surface area contributed by atoms with Crippen LogP contribution < -0.4 is 9.47 Å². The Morgan fingerprint density at radius 3 is 2.34 bits per heavy atom. The average Bonchev–Trinajstić information content (AvgIpc) is 3.05. The van der Waals surface area contributed by atoms with Gasteiger partial charge in [-0.2, -0.15) is 0 Å². The lowest BCUT2D eigenvalue weighted by Gasteiger charge is -2.41. The fraction of sp³-hybridized carbons (Fsp3) is 0.525. The Morgan fingerprint density at radius 2 is 1.72 bits per heavy atom. The molecule has 0 fully saturated rings. The number of aryl methyl sites for hydroxylation is 1. The Hall–Kier alpha value is -3.89. The van der Waals surface area contributed by atoms with Crippen molar-refractivity contribution in [3.63, 3.8) is 0 Å². The molecular weight excluding hydrogens is 649 g/mol. The van der Waals surface area contributed by atoms with Crippen molar-refractivity contribution < 1.29 is 33.0 Å². The van der Waals surface area contributed by atoms with E-state index in [0.717, 1.165) is 40.8 Å². The molecule has 0 aliphatic carbocycles. The second-order valence-corrected chi connectivity index (χ2v) is 20.8. The third kappa shape index (κ3) is 10.3. The summed E-state index contributed by atoms with van der Waals surface area (Å²) in [5.74, 6) is 1.16. The highest BCUT2D eigenvalue weighted by atomic mass is 28.4. The van der Waals surface area contributed by atoms with Crippen LogP contribution in [0.4, 0.5) is 4.79 Å². The van der Waals surface area contributed by atoms with Crippen molar-refractivity contribution in [2.75, 3.05) is 26.8 Å². The minimum absolute atomic E-state index is 0.0225. The minimum atomic E-state index is -2.23. The van der Waals surface area contributed by atoms with E-state index in [0.29, 0.717) is 36.9 Å². The van der Waals surface area contributed by atoms with E-state index >= 15 is 0 Å². The summed E-state index contributed by atoms with van der Waals surface area (Å²) in [7, 11) is -0.856. The summed E-state index contributed by atoms with van der Waals surface area (Å²) >= 11 is 0. The highest BCUT2D eigenvalue weighted by Crippen LogP contribution is 2.40. The molecule has 2 aromatic carbocycles. The van der Waals surface area contributed by atoms with E-state index in [1.807, 2.05) is 63.4 Å². The number of hydrogen-bond donors (Lipinski definition) is 0. The number of pyridine rings is 1. The molecular formula is C40H56N2O7Si. The van der Waals surface area contributed by atoms with Crippen LogP contribution in [-0.4, -0.2) is 68.8 Å². The van der Waals surface area contributed by atoms with Crippen LogP contribution in [-0.2, 0) is 20.3 Å². The normalized spacial score (nSPS) is 15.5. The first kappa shape index (κ1) is 38.9. The molecule has 1 amide bonds. The molecule has 1 aliphatic rings. The molecule has 0 saturated heterocycles. The van der Waals surface area contributed by atoms with Crippen molar-refractivity contribution in [1.82, 2.24) is 9.88 Å². The first-order chi connectivity index (χ1) is 23.4. The summed E-state index contributed by atoms with van der Waals surface area (Å²) in [5.41, 5.74) is 3.67. The van der Waals surface area contributed by atoms with Gasteiger partial charge >= 0.3 is 12.1 Å². The fourth-order valence-electron chi connectivity index (χ4n) is 5.41. The standard InChI is InChI=1S/C40H56N2O7Si/c1-27(2)26-46-35-22-29(15-18-33(35)37(43)45-9)28-16-19-34-30(21-28)14-17-32(47-34)24-42(38(44)48-39(3,4)5)25-36(31-13-12-20-41-23-31)49-50(10,11)40(6,7)8/h12-13,15-16,18-23,27,32,36H,14,17,24-26H2,1-11H3/t32-,36+/m0/s1. The number of esters is 1. The number of fused-ring (bicyclic) bond motifs is 1. The van der Waals surface area contributed by atoms with E-state index in [1.54, 1.807) is 17.2 Å². The average molecular weight is 705 g/mol. The van der Waals surface area contributed by atoms with Gasteiger partial charge in [0.25, 0.3) is 0 Å². The molecule has 272 valence electrons. The summed E-state index contributed by atoms with van der Waals surface area (Å²) in [6.07, 6.45) is 4.04. The highest BCUT2D eigenvalue weighted by molar-refractivity contribution is 6.74. The van der Waals surface area contributed by atoms with Gasteiger partial charge in [-0.05, 0) is 110 Å². The predicted molar refractivity (Wildman–Crippen MR) is 199 cm³/mol. The van der Waals surface area contributed by atoms with E-state index in [-0.39, 0.29) is 17.2 Å². The maximum atomic E-state index is 13.8. The number of hydrogen-bond acceptors (Lipinski definition) is 8. The monoisotopic (exact) mass is 704 g/mol. The van der Waals surface area contributed by atoms with Gasteiger partial charge in [0.2, 0.25) is 0 Å². The number of benzene rings is 2. The number of aromatic nitrogens is 1. The Labute approximate surface area is 299 Å². The third-order valence-electron chi connectivity index (χ3n) is 9.14. The molecule has 2 atom stereocenters. The summed E-state index contributed by atoms with van der Waals surface area (Å²) < 4.78 is 30.4. The van der Waals surface area contributed by atoms with E-state index in [2.05, 4.69) is 58.8 Å². The van der Waals surface area contributed by atoms with E-state index in [9.17, 15) is 9.59 Å². The van der Waals surface area contributed by atoms with Gasteiger partial charge in [-0.15, -0.1) is 0 Å². The maximum absolute atomic E-state index is 13.8. The SMILES string of the molecule is COC(=O)c1ccc(-c2ccc3c(c2)CC[C@@H](CN(C[C@@H](O[Si](C)(C)C(C)(C)C)c2cccnc2)C(=O)OC(C)(C)C)O3)cc1OCC(C)C. The Morgan fingerprint density at radius 1 is 1.02 bits per heavy atom. The molecule has 0 bridgehead atoms. The van der Waals surface area contributed by atoms with Crippen molar-refractivity contribution in [2.45, 2.75) is 104 Å². The molecule has 4 rings (SSSR count). The molecule has 3 aromatic rings. The van der Waals surface area contributed by atoms with Crippen molar-refractivity contribution >= 4 is 20.4 Å². The van der Waals surface area contributed by atoms with Crippen LogP contribution in [0.1, 0.15) is 89.4 Å². The molecule has 9 nitrogen and oxygen atoms in total. The van der Waals surface area contributed by atoms with Crippen LogP contribution in [0.3, 0.4) is 0 Å². The molecule has 0 N–H and O–H groups in total. The lowest BCUT2D eigenvalue weighted by molar-refractivity contribution is 0.00490. The number of ether oxygens (including phenoxy) is 4. The van der Waals surface area contributed by atoms with Crippen LogP contribution in [0, 0.1) is 5.92 Å². The first-order valence-electron chi connectivity index (χ1n) is 17.6. The number of rotatable bonds is 12. The van der Waals surface area contributed by atoms with Gasteiger partial charge in [-0.1, -0.05) is 52.8 Å². The van der Waals surface area contributed by atoms with Crippen LogP contribution in [0.5, 0.6) is 11.5 Å². The van der Waals surface area contributed by atoms with Crippen molar-refractivity contribution in [3.8, 4) is 22.6 Å². The minimum Gasteiger partial charge on any atom is -0.492 e. The quantitative estimate of drug-likeness (QED) is 0.136. The molecule has 50 heavy (non-hydrogen) atoms. The van der Waals surface area contributed by atoms with Crippen LogP contribution >= 0.6 is 0 Å². The zero-order valence-corrected chi connectivity index (χ0v) is 32.8. The lowest BCUT2D eigenvalue weighted by Crippen LogP contribution is -2.48. The van der Waals surface area contributed by atoms with Crippen LogP contribution in [0.25, 0.3) is 11.1 Å². The molecule has 10 heteroatoms. The summed E-state index contributed by atoms with van der Waals surface area (Å²) in [5, 5.41) is -0.0225. The third-order valence-corrected chi connectivity index (χ3v) is 13.6. The number of carbonyl (C=O) groups is 2.